The molecule has 37 heavy (non-hydrogen) atoms. The smallest absolute Gasteiger partial charge is 0.136 e. The number of furan rings is 1. The Balaban J connectivity index is 1.70. The molecule has 0 bridgehead atoms. The van der Waals surface area contributed by atoms with E-state index >= 15 is 0 Å². The third kappa shape index (κ3) is 2.98. The molecule has 0 saturated heterocycles. The van der Waals surface area contributed by atoms with Crippen LogP contribution in [-0.4, -0.2) is 0 Å². The Morgan fingerprint density at radius 2 is 1.19 bits per heavy atom. The zero-order chi connectivity index (χ0) is 32.2. The number of hydrogen-bond acceptors (Lipinski definition) is 1. The SMILES string of the molecule is [2H]c1ccc2cc(-c3c4c([2H])c([2H])c([2H])c([2H])c4c(-c4cccc5oc6ccccc6c45)c4c([2H])c([2H])c([2H])c([2H])c34)ccc2c1. The highest BCUT2D eigenvalue weighted by atomic mass is 16.3. The van der Waals surface area contributed by atoms with Crippen LogP contribution in [0.5, 0.6) is 0 Å². The molecule has 0 radical (unpaired) electrons. The highest BCUT2D eigenvalue weighted by Crippen LogP contribution is 2.46. The molecule has 0 fully saturated rings. The van der Waals surface area contributed by atoms with E-state index in [0.29, 0.717) is 33.7 Å². The first kappa shape index (κ1) is 13.4. The van der Waals surface area contributed by atoms with E-state index in [1.807, 2.05) is 36.4 Å². The van der Waals surface area contributed by atoms with Gasteiger partial charge in [0, 0.05) is 10.8 Å². The molecule has 7 aromatic carbocycles. The number of fused-ring (bicyclic) bond motifs is 6. The quantitative estimate of drug-likeness (QED) is 0.225. The summed E-state index contributed by atoms with van der Waals surface area (Å²) >= 11 is 0. The minimum Gasteiger partial charge on any atom is -0.456 e. The number of hydrogen-bond donors (Lipinski definition) is 0. The van der Waals surface area contributed by atoms with Gasteiger partial charge in [0.05, 0.1) is 12.3 Å². The third-order valence-electron chi connectivity index (χ3n) is 7.02. The summed E-state index contributed by atoms with van der Waals surface area (Å²) in [6, 6.07) is 20.7. The van der Waals surface area contributed by atoms with Crippen molar-refractivity contribution in [2.24, 2.45) is 0 Å². The number of benzene rings is 7. The van der Waals surface area contributed by atoms with Crippen molar-refractivity contribution in [2.75, 3.05) is 0 Å². The molecule has 8 aromatic rings. The van der Waals surface area contributed by atoms with Crippen molar-refractivity contribution < 1.29 is 16.8 Å². The lowest BCUT2D eigenvalue weighted by Crippen LogP contribution is -1.91. The van der Waals surface area contributed by atoms with E-state index < -0.39 is 24.2 Å². The summed E-state index contributed by atoms with van der Waals surface area (Å²) in [5.74, 6) is 0. The maximum Gasteiger partial charge on any atom is 0.136 e. The van der Waals surface area contributed by atoms with Crippen molar-refractivity contribution in [3.05, 3.63) is 133 Å². The average Bonchev–Trinajstić information content (AvgIpc) is 3.45. The highest BCUT2D eigenvalue weighted by Gasteiger charge is 2.20. The minimum absolute atomic E-state index is 0.151. The zero-order valence-electron chi connectivity index (χ0n) is 28.4. The van der Waals surface area contributed by atoms with E-state index in [9.17, 15) is 5.48 Å². The lowest BCUT2D eigenvalue weighted by molar-refractivity contribution is 0.669. The van der Waals surface area contributed by atoms with Gasteiger partial charge in [0.15, 0.2) is 0 Å². The average molecular weight is 480 g/mol. The Labute approximate surface area is 226 Å². The van der Waals surface area contributed by atoms with Gasteiger partial charge in [-0.3, -0.25) is 0 Å². The van der Waals surface area contributed by atoms with Crippen LogP contribution >= 0.6 is 0 Å². The summed E-state index contributed by atoms with van der Waals surface area (Å²) < 4.78 is 85.8. The fraction of sp³-hybridized carbons (Fsp3) is 0. The van der Waals surface area contributed by atoms with Gasteiger partial charge in [0.2, 0.25) is 0 Å². The molecule has 1 nitrogen and oxygen atoms in total. The summed E-state index contributed by atoms with van der Waals surface area (Å²) in [5.41, 5.74) is 2.77. The second-order valence-electron chi connectivity index (χ2n) is 9.01. The summed E-state index contributed by atoms with van der Waals surface area (Å²) in [5, 5.41) is 3.61. The van der Waals surface area contributed by atoms with E-state index in [4.69, 9.17) is 11.3 Å². The minimum atomic E-state index is -0.449. The largest absolute Gasteiger partial charge is 0.456 e. The number of rotatable bonds is 2. The molecule has 0 aliphatic rings. The standard InChI is InChI=1S/C36H22O/c1-2-11-24-22-25(21-20-23(24)10-1)34-26-12-3-5-14-28(26)35(29-15-6-4-13-27(29)34)31-17-9-19-33-36(31)30-16-7-8-18-32(30)37-33/h1-22H/i1D,3D,4D,5D,6D,12D,13D,14D,15D. The van der Waals surface area contributed by atoms with Crippen molar-refractivity contribution >= 4 is 54.3 Å². The van der Waals surface area contributed by atoms with Gasteiger partial charge < -0.3 is 4.42 Å². The zero-order valence-corrected chi connectivity index (χ0v) is 19.4. The lowest BCUT2D eigenvalue weighted by atomic mass is 9.84. The van der Waals surface area contributed by atoms with E-state index in [1.54, 1.807) is 42.5 Å². The van der Waals surface area contributed by atoms with E-state index in [1.165, 1.54) is 0 Å². The fourth-order valence-corrected chi connectivity index (χ4v) is 5.45. The normalized spacial score (nSPS) is 15.2. The second-order valence-corrected chi connectivity index (χ2v) is 9.01. The molecular formula is C36H22O. The van der Waals surface area contributed by atoms with Crippen molar-refractivity contribution in [2.45, 2.75) is 0 Å². The Morgan fingerprint density at radius 3 is 1.97 bits per heavy atom. The van der Waals surface area contributed by atoms with Gasteiger partial charge in [0.25, 0.3) is 0 Å². The van der Waals surface area contributed by atoms with Gasteiger partial charge in [-0.2, -0.15) is 0 Å². The van der Waals surface area contributed by atoms with Crippen LogP contribution in [0.15, 0.2) is 138 Å². The van der Waals surface area contributed by atoms with Gasteiger partial charge in [-0.1, -0.05) is 115 Å². The monoisotopic (exact) mass is 479 g/mol. The first-order valence-corrected chi connectivity index (χ1v) is 12.0. The van der Waals surface area contributed by atoms with Crippen molar-refractivity contribution in [3.8, 4) is 22.3 Å². The van der Waals surface area contributed by atoms with Gasteiger partial charge in [-0.15, -0.1) is 0 Å². The summed E-state index contributed by atoms with van der Waals surface area (Å²) in [6.07, 6.45) is 0. The second kappa shape index (κ2) is 7.81. The van der Waals surface area contributed by atoms with Crippen LogP contribution in [0.2, 0.25) is 0 Å². The van der Waals surface area contributed by atoms with Crippen molar-refractivity contribution in [1.82, 2.24) is 0 Å². The molecule has 8 rings (SSSR count). The van der Waals surface area contributed by atoms with Crippen molar-refractivity contribution in [3.63, 3.8) is 0 Å². The first-order valence-electron chi connectivity index (χ1n) is 16.5. The first-order chi connectivity index (χ1) is 22.1. The van der Waals surface area contributed by atoms with Gasteiger partial charge in [-0.25, -0.2) is 0 Å². The molecule has 0 saturated carbocycles. The Hall–Kier alpha value is -4.88. The molecule has 0 aliphatic carbocycles. The molecule has 0 spiro atoms. The Bertz CT molecular complexity index is 2560. The molecule has 0 aliphatic heterocycles. The van der Waals surface area contributed by atoms with Crippen LogP contribution in [-0.2, 0) is 0 Å². The topological polar surface area (TPSA) is 13.1 Å². The molecule has 0 unspecified atom stereocenters. The molecule has 1 heterocycles. The Morgan fingerprint density at radius 1 is 0.486 bits per heavy atom. The van der Waals surface area contributed by atoms with Crippen LogP contribution in [0, 0.1) is 0 Å². The highest BCUT2D eigenvalue weighted by molar-refractivity contribution is 6.25. The maximum atomic E-state index is 9.23. The van der Waals surface area contributed by atoms with Crippen LogP contribution in [0.25, 0.3) is 76.5 Å². The van der Waals surface area contributed by atoms with Gasteiger partial charge >= 0.3 is 0 Å². The molecule has 172 valence electrons. The molecule has 0 amide bonds. The van der Waals surface area contributed by atoms with Crippen LogP contribution in [0.4, 0.5) is 0 Å². The van der Waals surface area contributed by atoms with Crippen LogP contribution in [0.3, 0.4) is 0 Å². The maximum absolute atomic E-state index is 9.23. The summed E-state index contributed by atoms with van der Waals surface area (Å²) in [4.78, 5) is 0. The van der Waals surface area contributed by atoms with E-state index in [2.05, 4.69) is 0 Å². The lowest BCUT2D eigenvalue weighted by Gasteiger charge is -2.18. The molecule has 0 atom stereocenters. The Kier molecular flexibility index (Phi) is 2.84. The molecule has 1 heteroatoms. The molecule has 1 aromatic heterocycles. The molecule has 0 N–H and O–H groups in total. The summed E-state index contributed by atoms with van der Waals surface area (Å²) in [7, 11) is 0. The van der Waals surface area contributed by atoms with Crippen molar-refractivity contribution in [1.29, 1.82) is 0 Å². The molecular weight excluding hydrogens is 448 g/mol. The van der Waals surface area contributed by atoms with E-state index in [-0.39, 0.29) is 56.8 Å². The number of para-hydroxylation sites is 1. The van der Waals surface area contributed by atoms with Crippen LogP contribution in [0.1, 0.15) is 12.3 Å². The fourth-order valence-electron chi connectivity index (χ4n) is 5.45. The van der Waals surface area contributed by atoms with Gasteiger partial charge in [-0.05, 0) is 72.8 Å². The third-order valence-corrected chi connectivity index (χ3v) is 7.02. The predicted octanol–water partition coefficient (Wildman–Crippen LogP) is 10.4. The summed E-state index contributed by atoms with van der Waals surface area (Å²) in [6.45, 7) is 0. The predicted molar refractivity (Wildman–Crippen MR) is 157 cm³/mol. The van der Waals surface area contributed by atoms with Gasteiger partial charge in [0.1, 0.15) is 11.2 Å². The van der Waals surface area contributed by atoms with Crippen LogP contribution < -0.4 is 0 Å². The van der Waals surface area contributed by atoms with E-state index in [0.717, 1.165) is 16.2 Å².